The third kappa shape index (κ3) is 2.75. The maximum absolute atomic E-state index is 5.95. The van der Waals surface area contributed by atoms with Gasteiger partial charge in [-0.1, -0.05) is 11.6 Å². The zero-order chi connectivity index (χ0) is 11.5. The van der Waals surface area contributed by atoms with Crippen molar-refractivity contribution in [3.05, 3.63) is 43.8 Å². The van der Waals surface area contributed by atoms with Gasteiger partial charge >= 0.3 is 0 Å². The highest BCUT2D eigenvalue weighted by Gasteiger charge is 2.04. The minimum absolute atomic E-state index is 0.509. The van der Waals surface area contributed by atoms with Crippen LogP contribution < -0.4 is 5.32 Å². The average molecular weight is 318 g/mol. The van der Waals surface area contributed by atoms with E-state index < -0.39 is 0 Å². The molecule has 0 fully saturated rings. The van der Waals surface area contributed by atoms with Gasteiger partial charge in [0.25, 0.3) is 0 Å². The molecule has 0 aliphatic carbocycles. The monoisotopic (exact) mass is 316 g/mol. The predicted octanol–water partition coefficient (Wildman–Crippen LogP) is 4.48. The van der Waals surface area contributed by atoms with Crippen LogP contribution in [0.5, 0.6) is 0 Å². The van der Waals surface area contributed by atoms with E-state index in [9.17, 15) is 0 Å². The summed E-state index contributed by atoms with van der Waals surface area (Å²) in [5, 5.41) is 3.77. The van der Waals surface area contributed by atoms with Crippen molar-refractivity contribution < 1.29 is 0 Å². The summed E-state index contributed by atoms with van der Waals surface area (Å²) in [4.78, 5) is 6.57. The SMILES string of the molecule is Cc1sc(CNc2cccnc2Cl)cc1Br. The molecule has 84 valence electrons. The Hall–Kier alpha value is -0.580. The van der Waals surface area contributed by atoms with Crippen molar-refractivity contribution in [1.29, 1.82) is 0 Å². The second-order valence-electron chi connectivity index (χ2n) is 3.31. The molecule has 0 unspecified atom stereocenters. The summed E-state index contributed by atoms with van der Waals surface area (Å²) in [6.07, 6.45) is 1.68. The molecule has 2 aromatic heterocycles. The summed E-state index contributed by atoms with van der Waals surface area (Å²) in [6.45, 7) is 2.86. The zero-order valence-corrected chi connectivity index (χ0v) is 11.8. The number of aromatic nitrogens is 1. The Morgan fingerprint density at radius 3 is 3.00 bits per heavy atom. The van der Waals surface area contributed by atoms with Gasteiger partial charge in [-0.2, -0.15) is 0 Å². The Labute approximate surface area is 112 Å². The van der Waals surface area contributed by atoms with Crippen LogP contribution in [0, 0.1) is 6.92 Å². The molecule has 2 rings (SSSR count). The van der Waals surface area contributed by atoms with E-state index in [1.807, 2.05) is 12.1 Å². The molecule has 0 aliphatic rings. The van der Waals surface area contributed by atoms with Crippen LogP contribution in [0.25, 0.3) is 0 Å². The van der Waals surface area contributed by atoms with Crippen molar-refractivity contribution in [3.63, 3.8) is 0 Å². The molecule has 2 aromatic rings. The van der Waals surface area contributed by atoms with E-state index in [0.29, 0.717) is 5.15 Å². The lowest BCUT2D eigenvalue weighted by atomic mass is 10.4. The first-order valence-electron chi connectivity index (χ1n) is 4.76. The average Bonchev–Trinajstić information content (AvgIpc) is 2.57. The zero-order valence-electron chi connectivity index (χ0n) is 8.63. The number of hydrogen-bond donors (Lipinski definition) is 1. The number of aryl methyl sites for hydroxylation is 1. The van der Waals surface area contributed by atoms with Crippen molar-refractivity contribution in [2.45, 2.75) is 13.5 Å². The summed E-state index contributed by atoms with van der Waals surface area (Å²) in [7, 11) is 0. The minimum atomic E-state index is 0.509. The van der Waals surface area contributed by atoms with Crippen LogP contribution in [0.15, 0.2) is 28.9 Å². The molecule has 2 nitrogen and oxygen atoms in total. The molecule has 0 saturated heterocycles. The van der Waals surface area contributed by atoms with Crippen molar-refractivity contribution in [1.82, 2.24) is 4.98 Å². The van der Waals surface area contributed by atoms with Gasteiger partial charge in [-0.25, -0.2) is 4.98 Å². The van der Waals surface area contributed by atoms with E-state index >= 15 is 0 Å². The summed E-state index contributed by atoms with van der Waals surface area (Å²) < 4.78 is 1.16. The fourth-order valence-electron chi connectivity index (χ4n) is 1.31. The molecule has 5 heteroatoms. The third-order valence-corrected chi connectivity index (χ3v) is 4.56. The molecule has 0 aromatic carbocycles. The number of hydrogen-bond acceptors (Lipinski definition) is 3. The van der Waals surface area contributed by atoms with Crippen molar-refractivity contribution in [2.75, 3.05) is 5.32 Å². The number of pyridine rings is 1. The van der Waals surface area contributed by atoms with Crippen LogP contribution in [0.1, 0.15) is 9.75 Å². The molecule has 2 heterocycles. The van der Waals surface area contributed by atoms with Gasteiger partial charge in [0.2, 0.25) is 0 Å². The summed E-state index contributed by atoms with van der Waals surface area (Å²) in [5.74, 6) is 0. The Kier molecular flexibility index (Phi) is 3.84. The highest BCUT2D eigenvalue weighted by Crippen LogP contribution is 2.27. The number of nitrogens with one attached hydrogen (secondary N) is 1. The maximum atomic E-state index is 5.95. The van der Waals surface area contributed by atoms with Gasteiger partial charge in [-0.3, -0.25) is 0 Å². The van der Waals surface area contributed by atoms with Crippen LogP contribution >= 0.6 is 38.9 Å². The predicted molar refractivity (Wildman–Crippen MR) is 73.3 cm³/mol. The molecule has 0 spiro atoms. The summed E-state index contributed by atoms with van der Waals surface area (Å²) in [6, 6.07) is 5.91. The second-order valence-corrected chi connectivity index (χ2v) is 5.87. The smallest absolute Gasteiger partial charge is 0.152 e. The minimum Gasteiger partial charge on any atom is -0.378 e. The Morgan fingerprint density at radius 2 is 2.38 bits per heavy atom. The first kappa shape index (κ1) is 11.9. The Balaban J connectivity index is 2.05. The van der Waals surface area contributed by atoms with Crippen LogP contribution in [-0.4, -0.2) is 4.98 Å². The topological polar surface area (TPSA) is 24.9 Å². The summed E-state index contributed by atoms with van der Waals surface area (Å²) >= 11 is 11.2. The van der Waals surface area contributed by atoms with Crippen molar-refractivity contribution in [2.24, 2.45) is 0 Å². The van der Waals surface area contributed by atoms with Gasteiger partial charge in [0, 0.05) is 27.0 Å². The number of halogens is 2. The number of anilines is 1. The second kappa shape index (κ2) is 5.17. The standard InChI is InChI=1S/C11H10BrClN2S/c1-7-9(12)5-8(16-7)6-15-10-3-2-4-14-11(10)13/h2-5,15H,6H2,1H3. The number of nitrogens with zero attached hydrogens (tertiary/aromatic N) is 1. The molecule has 0 amide bonds. The first-order chi connectivity index (χ1) is 7.66. The third-order valence-electron chi connectivity index (χ3n) is 2.12. The van der Waals surface area contributed by atoms with Gasteiger partial charge in [-0.05, 0) is 41.1 Å². The fourth-order valence-corrected chi connectivity index (χ4v) is 3.03. The van der Waals surface area contributed by atoms with Gasteiger partial charge < -0.3 is 5.32 Å². The van der Waals surface area contributed by atoms with Crippen LogP contribution in [0.3, 0.4) is 0 Å². The number of thiophene rings is 1. The lowest BCUT2D eigenvalue weighted by molar-refractivity contribution is 1.17. The normalized spacial score (nSPS) is 10.4. The Morgan fingerprint density at radius 1 is 1.56 bits per heavy atom. The van der Waals surface area contributed by atoms with E-state index in [-0.39, 0.29) is 0 Å². The molecule has 16 heavy (non-hydrogen) atoms. The van der Waals surface area contributed by atoms with E-state index in [1.54, 1.807) is 17.5 Å². The maximum Gasteiger partial charge on any atom is 0.152 e. The van der Waals surface area contributed by atoms with E-state index in [4.69, 9.17) is 11.6 Å². The molecular weight excluding hydrogens is 308 g/mol. The number of rotatable bonds is 3. The first-order valence-corrected chi connectivity index (χ1v) is 6.75. The molecular formula is C11H10BrClN2S. The summed E-state index contributed by atoms with van der Waals surface area (Å²) in [5.41, 5.74) is 0.867. The van der Waals surface area contributed by atoms with Crippen LogP contribution in [-0.2, 0) is 6.54 Å². The molecule has 0 aliphatic heterocycles. The largest absolute Gasteiger partial charge is 0.378 e. The lowest BCUT2D eigenvalue weighted by Gasteiger charge is -2.05. The molecule has 0 bridgehead atoms. The van der Waals surface area contributed by atoms with E-state index in [0.717, 1.165) is 16.7 Å². The molecule has 1 N–H and O–H groups in total. The Bertz CT molecular complexity index is 479. The van der Waals surface area contributed by atoms with E-state index in [1.165, 1.54) is 9.75 Å². The van der Waals surface area contributed by atoms with Gasteiger partial charge in [0.15, 0.2) is 5.15 Å². The lowest BCUT2D eigenvalue weighted by Crippen LogP contribution is -1.98. The van der Waals surface area contributed by atoms with Crippen LogP contribution in [0.2, 0.25) is 5.15 Å². The van der Waals surface area contributed by atoms with Gasteiger partial charge in [-0.15, -0.1) is 11.3 Å². The highest BCUT2D eigenvalue weighted by atomic mass is 79.9. The van der Waals surface area contributed by atoms with Gasteiger partial charge in [0.05, 0.1) is 5.69 Å². The molecule has 0 saturated carbocycles. The van der Waals surface area contributed by atoms with Crippen LogP contribution in [0.4, 0.5) is 5.69 Å². The fraction of sp³-hybridized carbons (Fsp3) is 0.182. The van der Waals surface area contributed by atoms with Crippen molar-refractivity contribution in [3.8, 4) is 0 Å². The highest BCUT2D eigenvalue weighted by molar-refractivity contribution is 9.10. The van der Waals surface area contributed by atoms with Gasteiger partial charge in [0.1, 0.15) is 0 Å². The van der Waals surface area contributed by atoms with E-state index in [2.05, 4.69) is 39.2 Å². The quantitative estimate of drug-likeness (QED) is 0.844. The molecule has 0 atom stereocenters. The molecule has 0 radical (unpaired) electrons. The van der Waals surface area contributed by atoms with Crippen molar-refractivity contribution >= 4 is 44.6 Å².